The normalized spacial score (nSPS) is 10.5. The second-order valence-electron chi connectivity index (χ2n) is 2.38. The Morgan fingerprint density at radius 2 is 2.14 bits per heavy atom. The van der Waals surface area contributed by atoms with Crippen LogP contribution in [0.5, 0.6) is 5.75 Å². The van der Waals surface area contributed by atoms with Crippen molar-refractivity contribution in [3.8, 4) is 11.8 Å². The predicted octanol–water partition coefficient (Wildman–Crippen LogP) is 1.23. The first-order chi connectivity index (χ1) is 6.80. The number of methoxy groups -OCH3 is 1. The Kier molecular flexibility index (Phi) is 3.47. The third kappa shape index (κ3) is 2.47. The fraction of sp³-hybridized carbons (Fsp3) is 0.111. The zero-order valence-corrected chi connectivity index (χ0v) is 7.56. The van der Waals surface area contributed by atoms with Gasteiger partial charge < -0.3 is 4.74 Å². The minimum Gasteiger partial charge on any atom is -0.497 e. The van der Waals surface area contributed by atoms with Gasteiger partial charge in [-0.25, -0.2) is 10.5 Å². The Bertz CT molecular complexity index is 365. The molecule has 2 N–H and O–H groups in total. The van der Waals surface area contributed by atoms with Gasteiger partial charge in [-0.2, -0.15) is 5.26 Å². The Morgan fingerprint density at radius 1 is 1.50 bits per heavy atom. The predicted molar refractivity (Wildman–Crippen MR) is 50.6 cm³/mol. The van der Waals surface area contributed by atoms with Crippen molar-refractivity contribution in [1.82, 2.24) is 5.48 Å². The van der Waals surface area contributed by atoms with Gasteiger partial charge in [-0.1, -0.05) is 0 Å². The minimum absolute atomic E-state index is 0.157. The number of nitrogens with one attached hydrogen (secondary N) is 1. The van der Waals surface area contributed by atoms with E-state index in [1.54, 1.807) is 42.9 Å². The molecule has 5 heteroatoms. The smallest absolute Gasteiger partial charge is 0.230 e. The van der Waals surface area contributed by atoms with E-state index >= 15 is 0 Å². The highest BCUT2D eigenvalue weighted by Gasteiger charge is 1.95. The Hall–Kier alpha value is -2.06. The maximum absolute atomic E-state index is 8.46. The van der Waals surface area contributed by atoms with E-state index in [0.29, 0.717) is 11.4 Å². The lowest BCUT2D eigenvalue weighted by Crippen LogP contribution is -2.15. The van der Waals surface area contributed by atoms with Gasteiger partial charge in [0.1, 0.15) is 11.8 Å². The molecule has 1 aromatic rings. The average Bonchev–Trinajstić information content (AvgIpc) is 2.26. The topological polar surface area (TPSA) is 77.6 Å². The van der Waals surface area contributed by atoms with Gasteiger partial charge in [0.05, 0.1) is 12.8 Å². The average molecular weight is 191 g/mol. The van der Waals surface area contributed by atoms with Gasteiger partial charge in [-0.05, 0) is 24.3 Å². The third-order valence-corrected chi connectivity index (χ3v) is 1.53. The molecule has 0 radical (unpaired) electrons. The van der Waals surface area contributed by atoms with Crippen LogP contribution in [-0.2, 0) is 0 Å². The van der Waals surface area contributed by atoms with Gasteiger partial charge in [0.25, 0.3) is 0 Å². The summed E-state index contributed by atoms with van der Waals surface area (Å²) in [5.74, 6) is 0.551. The van der Waals surface area contributed by atoms with Gasteiger partial charge in [0.2, 0.25) is 5.84 Å². The number of ether oxygens (including phenoxy) is 1. The zero-order chi connectivity index (χ0) is 10.4. The van der Waals surface area contributed by atoms with Crippen molar-refractivity contribution in [2.45, 2.75) is 0 Å². The van der Waals surface area contributed by atoms with Crippen molar-refractivity contribution in [1.29, 1.82) is 5.26 Å². The first kappa shape index (κ1) is 10.0. The van der Waals surface area contributed by atoms with Crippen molar-refractivity contribution in [3.63, 3.8) is 0 Å². The van der Waals surface area contributed by atoms with Gasteiger partial charge in [-0.3, -0.25) is 5.21 Å². The molecule has 0 atom stereocenters. The van der Waals surface area contributed by atoms with E-state index in [0.717, 1.165) is 0 Å². The Morgan fingerprint density at radius 3 is 2.57 bits per heavy atom. The van der Waals surface area contributed by atoms with E-state index in [-0.39, 0.29) is 5.84 Å². The van der Waals surface area contributed by atoms with Crippen LogP contribution in [0, 0.1) is 11.3 Å². The van der Waals surface area contributed by atoms with Crippen molar-refractivity contribution < 1.29 is 9.94 Å². The van der Waals surface area contributed by atoms with Gasteiger partial charge in [0, 0.05) is 0 Å². The largest absolute Gasteiger partial charge is 0.497 e. The lowest BCUT2D eigenvalue weighted by molar-refractivity contribution is 0.236. The molecule has 0 aliphatic rings. The first-order valence-corrected chi connectivity index (χ1v) is 3.83. The molecular formula is C9H9N3O2. The lowest BCUT2D eigenvalue weighted by atomic mass is 10.3. The first-order valence-electron chi connectivity index (χ1n) is 3.83. The molecule has 0 unspecified atom stereocenters. The highest BCUT2D eigenvalue weighted by atomic mass is 16.5. The molecule has 0 heterocycles. The van der Waals surface area contributed by atoms with Crippen LogP contribution < -0.4 is 10.2 Å². The van der Waals surface area contributed by atoms with E-state index in [1.165, 1.54) is 0 Å². The summed E-state index contributed by atoms with van der Waals surface area (Å²) in [5, 5.41) is 16.9. The molecule has 0 spiro atoms. The number of nitriles is 1. The number of hydroxylamine groups is 1. The van der Waals surface area contributed by atoms with Gasteiger partial charge in [-0.15, -0.1) is 0 Å². The fourth-order valence-corrected chi connectivity index (χ4v) is 0.861. The summed E-state index contributed by atoms with van der Waals surface area (Å²) >= 11 is 0. The molecule has 0 aliphatic heterocycles. The van der Waals surface area contributed by atoms with E-state index in [4.69, 9.17) is 15.2 Å². The van der Waals surface area contributed by atoms with Crippen LogP contribution in [0.3, 0.4) is 0 Å². The summed E-state index contributed by atoms with van der Waals surface area (Å²) in [7, 11) is 1.56. The third-order valence-electron chi connectivity index (χ3n) is 1.53. The molecule has 0 fully saturated rings. The number of hydrogen-bond acceptors (Lipinski definition) is 4. The SMILES string of the molecule is COc1ccc(N=C(C#N)NO)cc1. The van der Waals surface area contributed by atoms with Crippen LogP contribution in [0.4, 0.5) is 5.69 Å². The van der Waals surface area contributed by atoms with Crippen molar-refractivity contribution >= 4 is 11.5 Å². The standard InChI is InChI=1S/C9H9N3O2/c1-14-8-4-2-7(3-5-8)11-9(6-10)12-13/h2-5,13H,1H3,(H,11,12). The molecule has 14 heavy (non-hydrogen) atoms. The number of hydrogen-bond donors (Lipinski definition) is 2. The van der Waals surface area contributed by atoms with E-state index in [1.807, 2.05) is 0 Å². The Balaban J connectivity index is 2.88. The van der Waals surface area contributed by atoms with Crippen molar-refractivity contribution in [3.05, 3.63) is 24.3 Å². The molecule has 0 bridgehead atoms. The van der Waals surface area contributed by atoms with Crippen LogP contribution in [-0.4, -0.2) is 18.2 Å². The molecule has 72 valence electrons. The lowest BCUT2D eigenvalue weighted by Gasteiger charge is -1.99. The van der Waals surface area contributed by atoms with Gasteiger partial charge >= 0.3 is 0 Å². The highest BCUT2D eigenvalue weighted by molar-refractivity contribution is 5.97. The van der Waals surface area contributed by atoms with Gasteiger partial charge in [0.15, 0.2) is 0 Å². The summed E-state index contributed by atoms with van der Waals surface area (Å²) in [6, 6.07) is 8.46. The fourth-order valence-electron chi connectivity index (χ4n) is 0.861. The monoisotopic (exact) mass is 191 g/mol. The second kappa shape index (κ2) is 4.84. The summed E-state index contributed by atoms with van der Waals surface area (Å²) in [4.78, 5) is 3.81. The molecule has 1 rings (SSSR count). The quantitative estimate of drug-likeness (QED) is 0.418. The summed E-state index contributed by atoms with van der Waals surface area (Å²) < 4.78 is 4.95. The van der Waals surface area contributed by atoms with Crippen LogP contribution in [0.15, 0.2) is 29.3 Å². The number of nitrogens with zero attached hydrogens (tertiary/aromatic N) is 2. The highest BCUT2D eigenvalue weighted by Crippen LogP contribution is 2.17. The summed E-state index contributed by atoms with van der Waals surface area (Å²) in [5.41, 5.74) is 2.25. The van der Waals surface area contributed by atoms with E-state index < -0.39 is 0 Å². The van der Waals surface area contributed by atoms with Crippen LogP contribution in [0.1, 0.15) is 0 Å². The van der Waals surface area contributed by atoms with Crippen LogP contribution in [0.25, 0.3) is 0 Å². The Labute approximate surface area is 81.2 Å². The maximum atomic E-state index is 8.46. The summed E-state index contributed by atoms with van der Waals surface area (Å²) in [6.07, 6.45) is 0. The maximum Gasteiger partial charge on any atom is 0.230 e. The molecule has 0 aliphatic carbocycles. The molecule has 0 amide bonds. The van der Waals surface area contributed by atoms with E-state index in [9.17, 15) is 0 Å². The number of amidine groups is 1. The minimum atomic E-state index is -0.157. The number of rotatable bonds is 2. The molecule has 1 aromatic carbocycles. The molecule has 0 aromatic heterocycles. The van der Waals surface area contributed by atoms with E-state index in [2.05, 4.69) is 4.99 Å². The molecular weight excluding hydrogens is 182 g/mol. The number of benzene rings is 1. The van der Waals surface area contributed by atoms with Crippen molar-refractivity contribution in [2.75, 3.05) is 7.11 Å². The molecule has 0 saturated heterocycles. The van der Waals surface area contributed by atoms with Crippen molar-refractivity contribution in [2.24, 2.45) is 4.99 Å². The summed E-state index contributed by atoms with van der Waals surface area (Å²) in [6.45, 7) is 0. The van der Waals surface area contributed by atoms with Crippen LogP contribution >= 0.6 is 0 Å². The second-order valence-corrected chi connectivity index (χ2v) is 2.38. The van der Waals surface area contributed by atoms with Crippen LogP contribution in [0.2, 0.25) is 0 Å². The molecule has 5 nitrogen and oxygen atoms in total. The number of aliphatic imine (C=N–C) groups is 1. The zero-order valence-electron chi connectivity index (χ0n) is 7.56. The molecule has 0 saturated carbocycles.